The Bertz CT molecular complexity index is 1220. The Morgan fingerprint density at radius 3 is 2.65 bits per heavy atom. The maximum absolute atomic E-state index is 13.8. The van der Waals surface area contributed by atoms with Gasteiger partial charge in [-0.2, -0.15) is 0 Å². The van der Waals surface area contributed by atoms with Gasteiger partial charge in [0.15, 0.2) is 0 Å². The third kappa shape index (κ3) is 5.26. The molecule has 3 fully saturated rings. The Kier molecular flexibility index (Phi) is 7.30. The third-order valence-corrected chi connectivity index (χ3v) is 9.00. The molecule has 2 aliphatic carbocycles. The molecule has 3 amide bonds. The first-order chi connectivity index (χ1) is 17.8. The van der Waals surface area contributed by atoms with Crippen molar-refractivity contribution in [3.8, 4) is 0 Å². The highest BCUT2D eigenvalue weighted by molar-refractivity contribution is 6.35. The number of amides is 3. The first-order valence-electron chi connectivity index (χ1n) is 13.5. The number of nitrogens with two attached hydrogens (primary N) is 1. The number of rotatable bonds is 6. The highest BCUT2D eigenvalue weighted by Crippen LogP contribution is 2.47. The summed E-state index contributed by atoms with van der Waals surface area (Å²) in [5.74, 6) is -1.43. The van der Waals surface area contributed by atoms with Crippen molar-refractivity contribution in [2.45, 2.75) is 82.7 Å². The number of likely N-dealkylation sites (tertiary alicyclic amines) is 1. The molecule has 5 rings (SSSR count). The lowest BCUT2D eigenvalue weighted by molar-refractivity contribution is -0.131. The van der Waals surface area contributed by atoms with Crippen molar-refractivity contribution in [1.29, 1.82) is 0 Å². The van der Waals surface area contributed by atoms with E-state index in [4.69, 9.17) is 17.3 Å². The topological polar surface area (TPSA) is 125 Å². The molecule has 1 saturated heterocycles. The number of aromatic amines is 1. The van der Waals surface area contributed by atoms with Crippen LogP contribution in [0.5, 0.6) is 0 Å². The van der Waals surface area contributed by atoms with E-state index < -0.39 is 18.0 Å². The van der Waals surface area contributed by atoms with Gasteiger partial charge in [-0.15, -0.1) is 0 Å². The number of para-hydroxylation sites is 1. The molecule has 37 heavy (non-hydrogen) atoms. The van der Waals surface area contributed by atoms with Gasteiger partial charge in [0.2, 0.25) is 11.8 Å². The van der Waals surface area contributed by atoms with Gasteiger partial charge in [-0.3, -0.25) is 19.2 Å². The minimum absolute atomic E-state index is 0.110. The number of nitrogens with one attached hydrogen (secondary N) is 2. The number of hydrogen-bond donors (Lipinski definition) is 3. The summed E-state index contributed by atoms with van der Waals surface area (Å²) in [7, 11) is 0. The zero-order chi connectivity index (χ0) is 26.2. The first-order valence-corrected chi connectivity index (χ1v) is 13.8. The number of benzene rings is 1. The van der Waals surface area contributed by atoms with E-state index in [-0.39, 0.29) is 35.4 Å². The van der Waals surface area contributed by atoms with Crippen LogP contribution in [0.4, 0.5) is 0 Å². The third-order valence-electron chi connectivity index (χ3n) is 8.68. The Balaban J connectivity index is 1.39. The minimum atomic E-state index is -0.939. The van der Waals surface area contributed by atoms with Crippen LogP contribution in [-0.2, 0) is 14.4 Å². The number of primary amides is 1. The molecule has 1 unspecified atom stereocenters. The van der Waals surface area contributed by atoms with Gasteiger partial charge in [-0.1, -0.05) is 49.4 Å². The van der Waals surface area contributed by atoms with Crippen molar-refractivity contribution in [2.24, 2.45) is 17.1 Å². The molecule has 4 N–H and O–H groups in total. The quantitative estimate of drug-likeness (QED) is 0.523. The monoisotopic (exact) mass is 526 g/mol. The van der Waals surface area contributed by atoms with Crippen molar-refractivity contribution in [3.05, 3.63) is 35.0 Å². The normalized spacial score (nSPS) is 24.4. The maximum atomic E-state index is 13.8. The summed E-state index contributed by atoms with van der Waals surface area (Å²) in [6, 6.07) is 5.60. The summed E-state index contributed by atoms with van der Waals surface area (Å²) >= 11 is 6.32. The lowest BCUT2D eigenvalue weighted by Gasteiger charge is -2.32. The second kappa shape index (κ2) is 10.5. The first kappa shape index (κ1) is 25.8. The van der Waals surface area contributed by atoms with Crippen molar-refractivity contribution in [1.82, 2.24) is 15.2 Å². The van der Waals surface area contributed by atoms with Crippen molar-refractivity contribution in [3.63, 3.8) is 0 Å². The Labute approximate surface area is 221 Å². The average Bonchev–Trinajstić information content (AvgIpc) is 3.48. The van der Waals surface area contributed by atoms with E-state index >= 15 is 0 Å². The number of aromatic nitrogens is 1. The lowest BCUT2D eigenvalue weighted by Crippen LogP contribution is -2.53. The molecular formula is C28H35ClN4O4. The second-order valence-corrected chi connectivity index (χ2v) is 11.6. The summed E-state index contributed by atoms with van der Waals surface area (Å²) in [5.41, 5.74) is 6.62. The van der Waals surface area contributed by atoms with Crippen LogP contribution in [-0.4, -0.2) is 52.0 Å². The Hall–Kier alpha value is -2.87. The van der Waals surface area contributed by atoms with E-state index in [9.17, 15) is 19.2 Å². The van der Waals surface area contributed by atoms with Crippen molar-refractivity contribution in [2.75, 3.05) is 6.54 Å². The highest BCUT2D eigenvalue weighted by atomic mass is 35.5. The van der Waals surface area contributed by atoms with Crippen LogP contribution in [0.15, 0.2) is 24.3 Å². The smallest absolute Gasteiger partial charge is 0.271 e. The number of Topliss-reactive ketones (excluding diaryl/α,β-unsaturated/α-hetero) is 1. The van der Waals surface area contributed by atoms with Crippen LogP contribution in [0.1, 0.15) is 81.1 Å². The highest BCUT2D eigenvalue weighted by Gasteiger charge is 2.49. The van der Waals surface area contributed by atoms with Gasteiger partial charge in [0.1, 0.15) is 23.6 Å². The SMILES string of the molecule is NC(=O)[C@H](C[C@@H]1CCCCC1=O)NC(=O)C1CC2(CCCCC2)CN1C(=O)c1cc2cccc(Cl)c2[nH]1. The number of carbonyl (C=O) groups is 4. The van der Waals surface area contributed by atoms with Crippen LogP contribution in [0.2, 0.25) is 5.02 Å². The van der Waals surface area contributed by atoms with E-state index in [0.717, 1.165) is 50.3 Å². The summed E-state index contributed by atoms with van der Waals surface area (Å²) in [5, 5.41) is 4.18. The number of nitrogens with zero attached hydrogens (tertiary/aromatic N) is 1. The molecule has 3 aliphatic rings. The molecule has 2 saturated carbocycles. The fraction of sp³-hybridized carbons (Fsp3) is 0.571. The van der Waals surface area contributed by atoms with E-state index in [0.29, 0.717) is 42.0 Å². The molecule has 1 aromatic carbocycles. The molecule has 198 valence electrons. The predicted octanol–water partition coefficient (Wildman–Crippen LogP) is 4.11. The lowest BCUT2D eigenvalue weighted by atomic mass is 9.72. The van der Waals surface area contributed by atoms with E-state index in [1.165, 1.54) is 0 Å². The van der Waals surface area contributed by atoms with Gasteiger partial charge >= 0.3 is 0 Å². The van der Waals surface area contributed by atoms with Gasteiger partial charge in [-0.25, -0.2) is 0 Å². The molecule has 8 nitrogen and oxygen atoms in total. The number of H-pyrrole nitrogens is 1. The predicted molar refractivity (Wildman–Crippen MR) is 141 cm³/mol. The molecule has 1 aliphatic heterocycles. The number of fused-ring (bicyclic) bond motifs is 1. The standard InChI is InChI=1S/C28H35ClN4O4/c29-19-9-6-8-18-14-21(31-24(18)19)27(37)33-16-28(11-4-1-5-12-28)15-22(33)26(36)32-20(25(30)35)13-17-7-2-3-10-23(17)34/h6,8-9,14,17,20,22,31H,1-5,7,10-13,15-16H2,(H2,30,35)(H,32,36)/t17-,20-,22?/m0/s1. The number of hydrogen-bond acceptors (Lipinski definition) is 4. The van der Waals surface area contributed by atoms with Gasteiger partial charge in [0.25, 0.3) is 5.91 Å². The van der Waals surface area contributed by atoms with Crippen molar-refractivity contribution >= 4 is 46.0 Å². The molecule has 3 atom stereocenters. The summed E-state index contributed by atoms with van der Waals surface area (Å²) in [6.45, 7) is 0.495. The average molecular weight is 527 g/mol. The number of ketones is 1. The molecule has 0 bridgehead atoms. The van der Waals surface area contributed by atoms with Gasteiger partial charge in [0, 0.05) is 24.3 Å². The zero-order valence-corrected chi connectivity index (χ0v) is 21.8. The Morgan fingerprint density at radius 1 is 1.16 bits per heavy atom. The van der Waals surface area contributed by atoms with Gasteiger partial charge in [0.05, 0.1) is 10.5 Å². The van der Waals surface area contributed by atoms with Gasteiger partial charge < -0.3 is 20.9 Å². The Morgan fingerprint density at radius 2 is 1.95 bits per heavy atom. The fourth-order valence-electron chi connectivity index (χ4n) is 6.66. The van der Waals surface area contributed by atoms with E-state index in [2.05, 4.69) is 10.3 Å². The largest absolute Gasteiger partial charge is 0.368 e. The molecule has 2 aromatic rings. The summed E-state index contributed by atoms with van der Waals surface area (Å²) in [6.07, 6.45) is 9.02. The molecule has 1 aromatic heterocycles. The molecular weight excluding hydrogens is 492 g/mol. The summed E-state index contributed by atoms with van der Waals surface area (Å²) in [4.78, 5) is 56.9. The van der Waals surface area contributed by atoms with E-state index in [1.807, 2.05) is 12.1 Å². The molecule has 1 spiro atoms. The summed E-state index contributed by atoms with van der Waals surface area (Å²) < 4.78 is 0. The van der Waals surface area contributed by atoms with Crippen LogP contribution in [0.25, 0.3) is 10.9 Å². The van der Waals surface area contributed by atoms with Crippen LogP contribution < -0.4 is 11.1 Å². The second-order valence-electron chi connectivity index (χ2n) is 11.2. The van der Waals surface area contributed by atoms with E-state index in [1.54, 1.807) is 17.0 Å². The maximum Gasteiger partial charge on any atom is 0.271 e. The van der Waals surface area contributed by atoms with Gasteiger partial charge in [-0.05, 0) is 56.1 Å². The van der Waals surface area contributed by atoms with Crippen LogP contribution in [0, 0.1) is 11.3 Å². The van der Waals surface area contributed by atoms with Crippen LogP contribution >= 0.6 is 11.6 Å². The number of carbonyl (C=O) groups excluding carboxylic acids is 4. The number of halogens is 1. The zero-order valence-electron chi connectivity index (χ0n) is 21.1. The molecule has 9 heteroatoms. The fourth-order valence-corrected chi connectivity index (χ4v) is 6.89. The van der Waals surface area contributed by atoms with Crippen LogP contribution in [0.3, 0.4) is 0 Å². The van der Waals surface area contributed by atoms with Crippen molar-refractivity contribution < 1.29 is 19.2 Å². The molecule has 0 radical (unpaired) electrons. The molecule has 2 heterocycles. The minimum Gasteiger partial charge on any atom is -0.368 e.